The highest BCUT2D eigenvalue weighted by molar-refractivity contribution is 5.75. The maximum Gasteiger partial charge on any atom is 0.311 e. The van der Waals surface area contributed by atoms with Crippen LogP contribution in [0.2, 0.25) is 0 Å². The van der Waals surface area contributed by atoms with Crippen molar-refractivity contribution in [3.05, 3.63) is 12.7 Å². The molecule has 2 fully saturated rings. The van der Waals surface area contributed by atoms with E-state index >= 15 is 0 Å². The summed E-state index contributed by atoms with van der Waals surface area (Å²) in [6.07, 6.45) is -0.172. The van der Waals surface area contributed by atoms with E-state index in [2.05, 4.69) is 6.58 Å². The van der Waals surface area contributed by atoms with Gasteiger partial charge in [0.15, 0.2) is 12.1 Å². The van der Waals surface area contributed by atoms with Gasteiger partial charge in [0.1, 0.15) is 24.9 Å². The van der Waals surface area contributed by atoms with Crippen LogP contribution in [0.4, 0.5) is 0 Å². The monoisotopic (exact) mass is 456 g/mol. The third-order valence-electron chi connectivity index (χ3n) is 5.79. The van der Waals surface area contributed by atoms with Crippen molar-refractivity contribution in [2.24, 2.45) is 16.2 Å². The van der Waals surface area contributed by atoms with Crippen LogP contribution < -0.4 is 0 Å². The van der Waals surface area contributed by atoms with Crippen molar-refractivity contribution in [1.82, 2.24) is 0 Å². The minimum absolute atomic E-state index is 0.00251. The van der Waals surface area contributed by atoms with Gasteiger partial charge in [-0.2, -0.15) is 0 Å². The second kappa shape index (κ2) is 9.41. The van der Waals surface area contributed by atoms with Gasteiger partial charge in [-0.1, -0.05) is 6.08 Å². The third-order valence-corrected chi connectivity index (χ3v) is 5.79. The Bertz CT molecular complexity index is 702. The number of carbonyl (C=O) groups is 2. The Morgan fingerprint density at radius 2 is 1.59 bits per heavy atom. The van der Waals surface area contributed by atoms with Gasteiger partial charge in [-0.05, 0) is 61.8 Å². The maximum absolute atomic E-state index is 12.3. The molecule has 0 aromatic heterocycles. The molecule has 0 saturated carbocycles. The summed E-state index contributed by atoms with van der Waals surface area (Å²) in [6, 6.07) is 0. The Hall–Kier alpha value is -1.48. The molecule has 0 unspecified atom stereocenters. The summed E-state index contributed by atoms with van der Waals surface area (Å²) < 4.78 is 35.1. The Balaban J connectivity index is 2.25. The summed E-state index contributed by atoms with van der Waals surface area (Å²) in [7, 11) is 1.53. The standard InChI is InChI=1S/C24H40O8/c1-11-24(12-13-28-19(25)21(2,3)4)16(30-18-17(24)31-23(8,9)32-18)15(27-10)14-29-20(26)22(5,6)7/h11,15-18H,1,12-14H2,2-10H3/t15-,16+,17-,18+,24-/m0/s1. The van der Waals surface area contributed by atoms with Crippen LogP contribution in [0.25, 0.3) is 0 Å². The average molecular weight is 457 g/mol. The van der Waals surface area contributed by atoms with Gasteiger partial charge < -0.3 is 28.4 Å². The number of methoxy groups -OCH3 is 1. The molecular formula is C24H40O8. The zero-order valence-corrected chi connectivity index (χ0v) is 21.0. The minimum atomic E-state index is -0.835. The van der Waals surface area contributed by atoms with Gasteiger partial charge >= 0.3 is 11.9 Å². The summed E-state index contributed by atoms with van der Waals surface area (Å²) in [6.45, 7) is 18.6. The smallest absolute Gasteiger partial charge is 0.311 e. The molecule has 0 amide bonds. The Morgan fingerprint density at radius 1 is 1.03 bits per heavy atom. The first-order valence-corrected chi connectivity index (χ1v) is 11.1. The molecule has 0 N–H and O–H groups in total. The molecule has 0 aliphatic carbocycles. The average Bonchev–Trinajstić information content (AvgIpc) is 3.11. The highest BCUT2D eigenvalue weighted by atomic mass is 16.8. The van der Waals surface area contributed by atoms with Crippen molar-refractivity contribution in [2.45, 2.75) is 92.2 Å². The van der Waals surface area contributed by atoms with E-state index in [9.17, 15) is 9.59 Å². The van der Waals surface area contributed by atoms with E-state index in [-0.39, 0.29) is 25.2 Å². The molecule has 2 rings (SSSR count). The third kappa shape index (κ3) is 5.71. The molecular weight excluding hydrogens is 416 g/mol. The Morgan fingerprint density at radius 3 is 2.09 bits per heavy atom. The minimum Gasteiger partial charge on any atom is -0.465 e. The van der Waals surface area contributed by atoms with Gasteiger partial charge in [-0.15, -0.1) is 6.58 Å². The van der Waals surface area contributed by atoms with E-state index in [1.165, 1.54) is 7.11 Å². The predicted molar refractivity (Wildman–Crippen MR) is 118 cm³/mol. The molecule has 0 radical (unpaired) electrons. The summed E-state index contributed by atoms with van der Waals surface area (Å²) >= 11 is 0. The van der Waals surface area contributed by atoms with E-state index in [0.717, 1.165) is 0 Å². The lowest BCUT2D eigenvalue weighted by molar-refractivity contribution is -0.232. The van der Waals surface area contributed by atoms with Crippen molar-refractivity contribution < 1.29 is 38.0 Å². The first-order chi connectivity index (χ1) is 14.6. The zero-order chi connectivity index (χ0) is 24.5. The number of rotatable bonds is 8. The van der Waals surface area contributed by atoms with Crippen molar-refractivity contribution >= 4 is 11.9 Å². The molecule has 0 aromatic carbocycles. The Labute approximate surface area is 191 Å². The molecule has 0 aromatic rings. The summed E-state index contributed by atoms with van der Waals surface area (Å²) in [5, 5.41) is 0. The van der Waals surface area contributed by atoms with Crippen molar-refractivity contribution in [2.75, 3.05) is 20.3 Å². The lowest BCUT2D eigenvalue weighted by Crippen LogP contribution is -2.49. The normalized spacial score (nSPS) is 30.5. The molecule has 184 valence electrons. The molecule has 32 heavy (non-hydrogen) atoms. The van der Waals surface area contributed by atoms with Crippen LogP contribution in [0.3, 0.4) is 0 Å². The lowest BCUT2D eigenvalue weighted by atomic mass is 9.74. The van der Waals surface area contributed by atoms with Crippen LogP contribution in [0, 0.1) is 16.2 Å². The van der Waals surface area contributed by atoms with Crippen molar-refractivity contribution in [1.29, 1.82) is 0 Å². The summed E-state index contributed by atoms with van der Waals surface area (Å²) in [5.74, 6) is -1.47. The molecule has 2 aliphatic heterocycles. The van der Waals surface area contributed by atoms with Crippen LogP contribution in [0.1, 0.15) is 61.8 Å². The van der Waals surface area contributed by atoms with E-state index in [0.29, 0.717) is 6.42 Å². The van der Waals surface area contributed by atoms with Crippen LogP contribution in [-0.2, 0) is 38.0 Å². The van der Waals surface area contributed by atoms with Gasteiger partial charge in [0.2, 0.25) is 0 Å². The van der Waals surface area contributed by atoms with Crippen LogP contribution in [0.5, 0.6) is 0 Å². The first kappa shape index (κ1) is 26.8. The number of hydrogen-bond acceptors (Lipinski definition) is 8. The number of esters is 2. The number of ether oxygens (including phenoxy) is 6. The Kier molecular flexibility index (Phi) is 7.87. The lowest BCUT2D eigenvalue weighted by Gasteiger charge is -2.38. The van der Waals surface area contributed by atoms with Crippen LogP contribution in [0.15, 0.2) is 12.7 Å². The van der Waals surface area contributed by atoms with E-state index in [4.69, 9.17) is 28.4 Å². The fourth-order valence-corrected chi connectivity index (χ4v) is 3.87. The molecule has 0 spiro atoms. The van der Waals surface area contributed by atoms with Crippen LogP contribution in [-0.4, -0.2) is 62.7 Å². The molecule has 8 nitrogen and oxygen atoms in total. The number of carbonyl (C=O) groups excluding carboxylic acids is 2. The molecule has 8 heteroatoms. The topological polar surface area (TPSA) is 89.5 Å². The van der Waals surface area contributed by atoms with Gasteiger partial charge in [-0.25, -0.2) is 0 Å². The SMILES string of the molecule is C=C[C@]1(CCOC(=O)C(C)(C)C)[C@@H]([C@H](COC(=O)C(C)(C)C)OC)O[C@@H]2OC(C)(C)O[C@@H]21. The van der Waals surface area contributed by atoms with Gasteiger partial charge in [0.25, 0.3) is 0 Å². The zero-order valence-electron chi connectivity index (χ0n) is 21.0. The predicted octanol–water partition coefficient (Wildman–Crippen LogP) is 3.62. The highest BCUT2D eigenvalue weighted by Crippen LogP contribution is 2.52. The highest BCUT2D eigenvalue weighted by Gasteiger charge is 2.64. The molecule has 2 aliphatic rings. The van der Waals surface area contributed by atoms with E-state index in [1.807, 2.05) is 13.8 Å². The summed E-state index contributed by atoms with van der Waals surface area (Å²) in [4.78, 5) is 24.6. The molecule has 2 saturated heterocycles. The second-order valence-electron chi connectivity index (χ2n) is 11.1. The quantitative estimate of drug-likeness (QED) is 0.404. The van der Waals surface area contributed by atoms with E-state index in [1.54, 1.807) is 47.6 Å². The molecule has 5 atom stereocenters. The van der Waals surface area contributed by atoms with Crippen molar-refractivity contribution in [3.8, 4) is 0 Å². The molecule has 2 heterocycles. The molecule has 0 bridgehead atoms. The first-order valence-electron chi connectivity index (χ1n) is 11.1. The van der Waals surface area contributed by atoms with Gasteiger partial charge in [-0.3, -0.25) is 9.59 Å². The fraction of sp³-hybridized carbons (Fsp3) is 0.833. The number of hydrogen-bond donors (Lipinski definition) is 0. The number of fused-ring (bicyclic) bond motifs is 1. The van der Waals surface area contributed by atoms with Crippen LogP contribution >= 0.6 is 0 Å². The largest absolute Gasteiger partial charge is 0.465 e. The fourth-order valence-electron chi connectivity index (χ4n) is 3.87. The summed E-state index contributed by atoms with van der Waals surface area (Å²) in [5.41, 5.74) is -2.04. The van der Waals surface area contributed by atoms with E-state index < -0.39 is 46.6 Å². The van der Waals surface area contributed by atoms with Gasteiger partial charge in [0.05, 0.1) is 22.9 Å². The van der Waals surface area contributed by atoms with Crippen molar-refractivity contribution in [3.63, 3.8) is 0 Å². The second-order valence-corrected chi connectivity index (χ2v) is 11.1. The maximum atomic E-state index is 12.3. The van der Waals surface area contributed by atoms with Gasteiger partial charge in [0, 0.05) is 7.11 Å².